The van der Waals surface area contributed by atoms with E-state index in [4.69, 9.17) is 0 Å². The van der Waals surface area contributed by atoms with Crippen molar-refractivity contribution in [3.05, 3.63) is 82.4 Å². The summed E-state index contributed by atoms with van der Waals surface area (Å²) in [5, 5.41) is 15.3. The average molecular weight is 292 g/mol. The molecule has 0 bridgehead atoms. The number of hydrogen-bond donors (Lipinski definition) is 1. The SMILES string of the molecule is O=C(Nc1ccccc1)c1c([N+](=O)[O-])ccc2ccccc12. The second kappa shape index (κ2) is 5.65. The van der Waals surface area contributed by atoms with Gasteiger partial charge in [0.15, 0.2) is 0 Å². The lowest BCUT2D eigenvalue weighted by molar-refractivity contribution is -0.385. The van der Waals surface area contributed by atoms with Crippen molar-refractivity contribution in [3.63, 3.8) is 0 Å². The van der Waals surface area contributed by atoms with Crippen LogP contribution in [0.1, 0.15) is 10.4 Å². The molecule has 108 valence electrons. The molecular weight excluding hydrogens is 280 g/mol. The largest absolute Gasteiger partial charge is 0.322 e. The summed E-state index contributed by atoms with van der Waals surface area (Å²) in [5.74, 6) is -0.491. The predicted molar refractivity (Wildman–Crippen MR) is 85.0 cm³/mol. The van der Waals surface area contributed by atoms with Crippen LogP contribution >= 0.6 is 0 Å². The molecule has 0 unspecified atom stereocenters. The Morgan fingerprint density at radius 1 is 0.909 bits per heavy atom. The van der Waals surface area contributed by atoms with Crippen LogP contribution in [0.15, 0.2) is 66.7 Å². The first kappa shape index (κ1) is 13.8. The maximum Gasteiger partial charge on any atom is 0.282 e. The molecule has 0 fully saturated rings. The zero-order valence-electron chi connectivity index (χ0n) is 11.5. The molecule has 0 spiro atoms. The van der Waals surface area contributed by atoms with Crippen molar-refractivity contribution in [2.24, 2.45) is 0 Å². The van der Waals surface area contributed by atoms with Crippen molar-refractivity contribution in [1.82, 2.24) is 0 Å². The lowest BCUT2D eigenvalue weighted by Gasteiger charge is -2.08. The maximum absolute atomic E-state index is 12.5. The van der Waals surface area contributed by atoms with Crippen LogP contribution in [-0.4, -0.2) is 10.8 Å². The van der Waals surface area contributed by atoms with Gasteiger partial charge in [0.1, 0.15) is 5.56 Å². The minimum atomic E-state index is -0.535. The molecule has 0 aliphatic heterocycles. The summed E-state index contributed by atoms with van der Waals surface area (Å²) in [6.07, 6.45) is 0. The molecule has 0 atom stereocenters. The molecule has 5 nitrogen and oxygen atoms in total. The number of hydrogen-bond acceptors (Lipinski definition) is 3. The number of benzene rings is 3. The number of para-hydroxylation sites is 1. The Morgan fingerprint density at radius 2 is 1.59 bits per heavy atom. The summed E-state index contributed by atoms with van der Waals surface area (Å²) >= 11 is 0. The lowest BCUT2D eigenvalue weighted by Crippen LogP contribution is -2.14. The quantitative estimate of drug-likeness (QED) is 0.585. The van der Waals surface area contributed by atoms with Crippen molar-refractivity contribution >= 4 is 28.1 Å². The van der Waals surface area contributed by atoms with E-state index < -0.39 is 10.8 Å². The molecule has 0 radical (unpaired) electrons. The van der Waals surface area contributed by atoms with Crippen LogP contribution in [0.3, 0.4) is 0 Å². The molecule has 0 saturated heterocycles. The highest BCUT2D eigenvalue weighted by Gasteiger charge is 2.23. The number of rotatable bonds is 3. The van der Waals surface area contributed by atoms with Gasteiger partial charge >= 0.3 is 0 Å². The minimum Gasteiger partial charge on any atom is -0.322 e. The molecular formula is C17H12N2O3. The summed E-state index contributed by atoms with van der Waals surface area (Å²) < 4.78 is 0. The van der Waals surface area contributed by atoms with Crippen LogP contribution in [-0.2, 0) is 0 Å². The minimum absolute atomic E-state index is 0.0759. The van der Waals surface area contributed by atoms with Crippen molar-refractivity contribution in [2.75, 3.05) is 5.32 Å². The fourth-order valence-electron chi connectivity index (χ4n) is 2.37. The number of anilines is 1. The van der Waals surface area contributed by atoms with Crippen molar-refractivity contribution < 1.29 is 9.72 Å². The molecule has 1 amide bonds. The summed E-state index contributed by atoms with van der Waals surface area (Å²) in [5.41, 5.74) is 0.466. The molecule has 0 aromatic heterocycles. The molecule has 3 aromatic carbocycles. The molecule has 22 heavy (non-hydrogen) atoms. The highest BCUT2D eigenvalue weighted by Crippen LogP contribution is 2.28. The van der Waals surface area contributed by atoms with E-state index in [1.165, 1.54) is 6.07 Å². The zero-order chi connectivity index (χ0) is 15.5. The Bertz CT molecular complexity index is 860. The van der Waals surface area contributed by atoms with Crippen LogP contribution in [0.4, 0.5) is 11.4 Å². The second-order valence-electron chi connectivity index (χ2n) is 4.76. The number of nitro groups is 1. The van der Waals surface area contributed by atoms with E-state index in [9.17, 15) is 14.9 Å². The van der Waals surface area contributed by atoms with Crippen LogP contribution in [0.2, 0.25) is 0 Å². The molecule has 3 rings (SSSR count). The monoisotopic (exact) mass is 292 g/mol. The van der Waals surface area contributed by atoms with Gasteiger partial charge in [-0.2, -0.15) is 0 Å². The Morgan fingerprint density at radius 3 is 2.32 bits per heavy atom. The van der Waals surface area contributed by atoms with Crippen LogP contribution in [0.25, 0.3) is 10.8 Å². The van der Waals surface area contributed by atoms with E-state index in [1.807, 2.05) is 18.2 Å². The van der Waals surface area contributed by atoms with Gasteiger partial charge < -0.3 is 5.32 Å². The summed E-state index contributed by atoms with van der Waals surface area (Å²) in [4.78, 5) is 23.3. The Kier molecular flexibility index (Phi) is 3.53. The average Bonchev–Trinajstić information content (AvgIpc) is 2.54. The second-order valence-corrected chi connectivity index (χ2v) is 4.76. The zero-order valence-corrected chi connectivity index (χ0v) is 11.5. The van der Waals surface area contributed by atoms with Gasteiger partial charge in [0.2, 0.25) is 0 Å². The van der Waals surface area contributed by atoms with E-state index >= 15 is 0 Å². The number of carbonyl (C=O) groups is 1. The number of carbonyl (C=O) groups excluding carboxylic acids is 1. The first-order valence-electron chi connectivity index (χ1n) is 6.69. The topological polar surface area (TPSA) is 72.2 Å². The predicted octanol–water partition coefficient (Wildman–Crippen LogP) is 4.00. The molecule has 5 heteroatoms. The summed E-state index contributed by atoms with van der Waals surface area (Å²) in [6.45, 7) is 0. The van der Waals surface area contributed by atoms with Gasteiger partial charge in [-0.05, 0) is 23.6 Å². The van der Waals surface area contributed by atoms with Crippen molar-refractivity contribution in [3.8, 4) is 0 Å². The van der Waals surface area contributed by atoms with E-state index in [0.29, 0.717) is 11.1 Å². The fourth-order valence-corrected chi connectivity index (χ4v) is 2.37. The molecule has 0 saturated carbocycles. The number of nitrogens with zero attached hydrogens (tertiary/aromatic N) is 1. The number of nitrogens with one attached hydrogen (secondary N) is 1. The number of fused-ring (bicyclic) bond motifs is 1. The van der Waals surface area contributed by atoms with Crippen LogP contribution < -0.4 is 5.32 Å². The molecule has 1 N–H and O–H groups in total. The van der Waals surface area contributed by atoms with E-state index in [1.54, 1.807) is 42.5 Å². The molecule has 3 aromatic rings. The molecule has 0 aliphatic rings. The Labute approximate surface area is 126 Å². The third kappa shape index (κ3) is 2.52. The highest BCUT2D eigenvalue weighted by atomic mass is 16.6. The third-order valence-electron chi connectivity index (χ3n) is 3.36. The molecule has 0 aliphatic carbocycles. The van der Waals surface area contributed by atoms with E-state index in [2.05, 4.69) is 5.32 Å². The van der Waals surface area contributed by atoms with Crippen molar-refractivity contribution in [2.45, 2.75) is 0 Å². The highest BCUT2D eigenvalue weighted by molar-refractivity contribution is 6.15. The van der Waals surface area contributed by atoms with Crippen LogP contribution in [0, 0.1) is 10.1 Å². The Balaban J connectivity index is 2.13. The maximum atomic E-state index is 12.5. The summed E-state index contributed by atoms with van der Waals surface area (Å²) in [7, 11) is 0. The standard InChI is InChI=1S/C17H12N2O3/c20-17(18-13-7-2-1-3-8-13)16-14-9-5-4-6-12(14)10-11-15(16)19(21)22/h1-11H,(H,18,20). The summed E-state index contributed by atoms with van der Waals surface area (Å²) in [6, 6.07) is 19.0. The van der Waals surface area contributed by atoms with Gasteiger partial charge in [0, 0.05) is 17.1 Å². The van der Waals surface area contributed by atoms with Gasteiger partial charge in [-0.3, -0.25) is 14.9 Å². The van der Waals surface area contributed by atoms with Gasteiger partial charge in [-0.15, -0.1) is 0 Å². The van der Waals surface area contributed by atoms with Gasteiger partial charge in [0.25, 0.3) is 11.6 Å². The number of amides is 1. The smallest absolute Gasteiger partial charge is 0.282 e. The first-order chi connectivity index (χ1) is 10.7. The van der Waals surface area contributed by atoms with E-state index in [-0.39, 0.29) is 11.3 Å². The third-order valence-corrected chi connectivity index (χ3v) is 3.36. The van der Waals surface area contributed by atoms with Gasteiger partial charge in [-0.1, -0.05) is 42.5 Å². The van der Waals surface area contributed by atoms with Gasteiger partial charge in [0.05, 0.1) is 4.92 Å². The fraction of sp³-hybridized carbons (Fsp3) is 0. The van der Waals surface area contributed by atoms with E-state index in [0.717, 1.165) is 5.39 Å². The molecule has 0 heterocycles. The normalized spacial score (nSPS) is 10.4. The van der Waals surface area contributed by atoms with Crippen molar-refractivity contribution in [1.29, 1.82) is 0 Å². The number of nitro benzene ring substituents is 1. The first-order valence-corrected chi connectivity index (χ1v) is 6.69. The lowest BCUT2D eigenvalue weighted by atomic mass is 10.0. The van der Waals surface area contributed by atoms with Gasteiger partial charge in [-0.25, -0.2) is 0 Å². The van der Waals surface area contributed by atoms with Crippen LogP contribution in [0.5, 0.6) is 0 Å². The Hall–Kier alpha value is -3.21.